The van der Waals surface area contributed by atoms with Crippen LogP contribution < -0.4 is 11.1 Å². The average Bonchev–Trinajstić information content (AvgIpc) is 3.52. The number of carbonyl (C=O) groups excluding carboxylic acids is 2. The van der Waals surface area contributed by atoms with Gasteiger partial charge in [-0.15, -0.1) is 9.90 Å². The van der Waals surface area contributed by atoms with E-state index in [9.17, 15) is 22.8 Å². The van der Waals surface area contributed by atoms with E-state index in [1.807, 2.05) is 0 Å². The maximum absolute atomic E-state index is 14.2. The first-order chi connectivity index (χ1) is 17.6. The van der Waals surface area contributed by atoms with Crippen molar-refractivity contribution in [3.05, 3.63) is 89.1 Å². The Kier molecular flexibility index (Phi) is 5.84. The number of hydrogen-bond donors (Lipinski definition) is 2. The third kappa shape index (κ3) is 4.47. The molecule has 0 saturated heterocycles. The number of carbonyl (C=O) groups is 2. The van der Waals surface area contributed by atoms with Crippen LogP contribution in [0.3, 0.4) is 0 Å². The van der Waals surface area contributed by atoms with Crippen LogP contribution in [0.2, 0.25) is 5.02 Å². The van der Waals surface area contributed by atoms with E-state index >= 15 is 0 Å². The highest BCUT2D eigenvalue weighted by Crippen LogP contribution is 2.35. The number of nitrogens with two attached hydrogens (primary N) is 1. The maximum Gasteiger partial charge on any atom is 0.434 e. The van der Waals surface area contributed by atoms with Gasteiger partial charge >= 0.3 is 6.18 Å². The molecule has 0 radical (unpaired) electrons. The van der Waals surface area contributed by atoms with Crippen LogP contribution in [0.15, 0.2) is 67.1 Å². The standard InChI is InChI=1S/C23H14ClF3N8O2/c24-15-9-12(6-7-19(15)35-31-11-17(33-35)21(28)36)32-22(37)14-10-30-34(20(14)23(25,26)27)18-5-1-4-16-13(18)3-2-8-29-16/h1-11H,(H2,28,36)(H,32,37). The van der Waals surface area contributed by atoms with Gasteiger partial charge in [0.2, 0.25) is 0 Å². The Morgan fingerprint density at radius 3 is 2.51 bits per heavy atom. The van der Waals surface area contributed by atoms with Gasteiger partial charge in [0.05, 0.1) is 34.2 Å². The van der Waals surface area contributed by atoms with Crippen molar-refractivity contribution < 1.29 is 22.8 Å². The van der Waals surface area contributed by atoms with Crippen LogP contribution in [-0.2, 0) is 6.18 Å². The molecule has 3 N–H and O–H groups in total. The average molecular weight is 527 g/mol. The first-order valence-electron chi connectivity index (χ1n) is 10.5. The highest BCUT2D eigenvalue weighted by molar-refractivity contribution is 6.32. The summed E-state index contributed by atoms with van der Waals surface area (Å²) in [4.78, 5) is 29.4. The quantitative estimate of drug-likeness (QED) is 0.355. The molecule has 3 heterocycles. The van der Waals surface area contributed by atoms with Crippen LogP contribution in [0.25, 0.3) is 22.3 Å². The van der Waals surface area contributed by atoms with Crippen molar-refractivity contribution in [1.82, 2.24) is 29.8 Å². The number of rotatable bonds is 5. The van der Waals surface area contributed by atoms with E-state index in [0.717, 1.165) is 17.2 Å². The van der Waals surface area contributed by atoms with Gasteiger partial charge in [-0.2, -0.15) is 23.4 Å². The van der Waals surface area contributed by atoms with Gasteiger partial charge in [0.1, 0.15) is 5.69 Å². The summed E-state index contributed by atoms with van der Waals surface area (Å²) in [6, 6.07) is 12.0. The second-order valence-electron chi connectivity index (χ2n) is 7.67. The van der Waals surface area contributed by atoms with E-state index in [-0.39, 0.29) is 27.8 Å². The number of nitrogens with one attached hydrogen (secondary N) is 1. The number of halogens is 4. The van der Waals surface area contributed by atoms with Crippen LogP contribution in [0, 0.1) is 0 Å². The highest BCUT2D eigenvalue weighted by atomic mass is 35.5. The highest BCUT2D eigenvalue weighted by Gasteiger charge is 2.41. The number of amides is 2. The molecule has 0 unspecified atom stereocenters. The van der Waals surface area contributed by atoms with Gasteiger partial charge in [-0.05, 0) is 42.5 Å². The molecule has 0 saturated carbocycles. The Morgan fingerprint density at radius 2 is 1.81 bits per heavy atom. The molecule has 0 atom stereocenters. The number of primary amides is 1. The van der Waals surface area contributed by atoms with Crippen LogP contribution in [0.4, 0.5) is 18.9 Å². The number of hydrogen-bond acceptors (Lipinski definition) is 6. The molecule has 14 heteroatoms. The number of benzene rings is 2. The fourth-order valence-corrected chi connectivity index (χ4v) is 3.94. The lowest BCUT2D eigenvalue weighted by Crippen LogP contribution is -2.21. The molecule has 2 amide bonds. The van der Waals surface area contributed by atoms with Crippen LogP contribution >= 0.6 is 11.6 Å². The molecule has 0 fully saturated rings. The smallest absolute Gasteiger partial charge is 0.364 e. The molecule has 2 aromatic carbocycles. The lowest BCUT2D eigenvalue weighted by Gasteiger charge is -2.14. The molecule has 0 aliphatic carbocycles. The van der Waals surface area contributed by atoms with Crippen molar-refractivity contribution in [3.63, 3.8) is 0 Å². The monoisotopic (exact) mass is 526 g/mol. The predicted octanol–water partition coefficient (Wildman–Crippen LogP) is 4.02. The van der Waals surface area contributed by atoms with Crippen molar-refractivity contribution in [2.45, 2.75) is 6.18 Å². The van der Waals surface area contributed by atoms with E-state index in [1.165, 1.54) is 30.5 Å². The van der Waals surface area contributed by atoms with Gasteiger partial charge < -0.3 is 11.1 Å². The Morgan fingerprint density at radius 1 is 1.00 bits per heavy atom. The number of aromatic nitrogens is 6. The fourth-order valence-electron chi connectivity index (χ4n) is 3.68. The van der Waals surface area contributed by atoms with Gasteiger partial charge in [0.25, 0.3) is 11.8 Å². The molecule has 0 aliphatic rings. The van der Waals surface area contributed by atoms with Crippen LogP contribution in [0.5, 0.6) is 0 Å². The van der Waals surface area contributed by atoms with Crippen LogP contribution in [0.1, 0.15) is 26.5 Å². The van der Waals surface area contributed by atoms with Crippen molar-refractivity contribution >= 4 is 40.0 Å². The first kappa shape index (κ1) is 23.9. The molecule has 5 rings (SSSR count). The summed E-state index contributed by atoms with van der Waals surface area (Å²) in [6.45, 7) is 0. The molecule has 37 heavy (non-hydrogen) atoms. The van der Waals surface area contributed by atoms with Crippen molar-refractivity contribution in [3.8, 4) is 11.4 Å². The van der Waals surface area contributed by atoms with Gasteiger partial charge in [-0.1, -0.05) is 17.7 Å². The van der Waals surface area contributed by atoms with E-state index in [0.29, 0.717) is 15.6 Å². The minimum Gasteiger partial charge on any atom is -0.364 e. The molecule has 0 spiro atoms. The first-order valence-corrected chi connectivity index (χ1v) is 10.8. The van der Waals surface area contributed by atoms with E-state index < -0.39 is 29.2 Å². The minimum atomic E-state index is -4.90. The summed E-state index contributed by atoms with van der Waals surface area (Å²) in [6.07, 6.45) is -1.38. The lowest BCUT2D eigenvalue weighted by molar-refractivity contribution is -0.143. The van der Waals surface area contributed by atoms with Crippen molar-refractivity contribution in [1.29, 1.82) is 0 Å². The second kappa shape index (κ2) is 9.02. The van der Waals surface area contributed by atoms with Crippen molar-refractivity contribution in [2.24, 2.45) is 5.73 Å². The maximum atomic E-state index is 14.2. The molecule has 10 nitrogen and oxygen atoms in total. The molecule has 0 aliphatic heterocycles. The van der Waals surface area contributed by atoms with Gasteiger partial charge in [-0.25, -0.2) is 4.68 Å². The summed E-state index contributed by atoms with van der Waals surface area (Å²) < 4.78 is 43.2. The van der Waals surface area contributed by atoms with Gasteiger partial charge in [0.15, 0.2) is 11.4 Å². The molecular weight excluding hydrogens is 513 g/mol. The van der Waals surface area contributed by atoms with Gasteiger partial charge in [-0.3, -0.25) is 14.6 Å². The molecule has 186 valence electrons. The topological polar surface area (TPSA) is 134 Å². The summed E-state index contributed by atoms with van der Waals surface area (Å²) in [7, 11) is 0. The normalized spacial score (nSPS) is 11.6. The number of alkyl halides is 3. The number of pyridine rings is 1. The van der Waals surface area contributed by atoms with E-state index in [4.69, 9.17) is 17.3 Å². The third-order valence-electron chi connectivity index (χ3n) is 5.30. The second-order valence-corrected chi connectivity index (χ2v) is 8.07. The molecule has 0 bridgehead atoms. The minimum absolute atomic E-state index is 0.0550. The molecular formula is C23H14ClF3N8O2. The van der Waals surface area contributed by atoms with Gasteiger partial charge in [0, 0.05) is 17.3 Å². The lowest BCUT2D eigenvalue weighted by atomic mass is 10.1. The Balaban J connectivity index is 1.49. The number of anilines is 1. The zero-order chi connectivity index (χ0) is 26.3. The predicted molar refractivity (Wildman–Crippen MR) is 127 cm³/mol. The Labute approximate surface area is 210 Å². The fraction of sp³-hybridized carbons (Fsp3) is 0.0435. The zero-order valence-electron chi connectivity index (χ0n) is 18.4. The molecule has 5 aromatic rings. The summed E-state index contributed by atoms with van der Waals surface area (Å²) in [5.74, 6) is -1.83. The SMILES string of the molecule is NC(=O)c1cnn(-c2ccc(NC(=O)c3cnn(-c4cccc5ncccc45)c3C(F)(F)F)cc2Cl)n1. The number of nitrogens with zero attached hydrogens (tertiary/aromatic N) is 6. The third-order valence-corrected chi connectivity index (χ3v) is 5.60. The summed E-state index contributed by atoms with van der Waals surface area (Å²) in [5.41, 5.74) is 4.08. The summed E-state index contributed by atoms with van der Waals surface area (Å²) in [5, 5.41) is 14.5. The summed E-state index contributed by atoms with van der Waals surface area (Å²) >= 11 is 6.26. The van der Waals surface area contributed by atoms with E-state index in [2.05, 4.69) is 25.6 Å². The Hall–Kier alpha value is -4.78. The largest absolute Gasteiger partial charge is 0.434 e. The van der Waals surface area contributed by atoms with Crippen molar-refractivity contribution in [2.75, 3.05) is 5.32 Å². The zero-order valence-corrected chi connectivity index (χ0v) is 19.2. The molecule has 3 aromatic heterocycles. The Bertz CT molecular complexity index is 1670. The van der Waals surface area contributed by atoms with Crippen LogP contribution in [-0.4, -0.2) is 41.6 Å². The van der Waals surface area contributed by atoms with E-state index in [1.54, 1.807) is 24.3 Å². The number of fused-ring (bicyclic) bond motifs is 1.